The number of likely N-dealkylation sites (tertiary alicyclic amines) is 1. The highest BCUT2D eigenvalue weighted by Gasteiger charge is 2.32. The largest absolute Gasteiger partial charge is 0.357 e. The lowest BCUT2D eigenvalue weighted by Gasteiger charge is -2.23. The zero-order chi connectivity index (χ0) is 17.6. The average molecular weight is 355 g/mol. The second kappa shape index (κ2) is 8.97. The minimum absolute atomic E-state index is 0.141. The van der Waals surface area contributed by atoms with Crippen molar-refractivity contribution in [1.82, 2.24) is 15.5 Å². The minimum atomic E-state index is 0.141. The summed E-state index contributed by atoms with van der Waals surface area (Å²) in [5.74, 6) is 1.54. The zero-order valence-electron chi connectivity index (χ0n) is 15.7. The molecule has 1 saturated carbocycles. The highest BCUT2D eigenvalue weighted by molar-refractivity contribution is 7.99. The van der Waals surface area contributed by atoms with Crippen LogP contribution in [-0.4, -0.2) is 60.0 Å². The smallest absolute Gasteiger partial charge is 0.225 e. The molecule has 0 bridgehead atoms. The molecule has 1 saturated heterocycles. The Morgan fingerprint density at radius 2 is 2.00 bits per heavy atom. The van der Waals surface area contributed by atoms with E-state index in [1.165, 1.54) is 12.8 Å². The second-order valence-electron chi connectivity index (χ2n) is 7.55. The number of thioether (sulfide) groups is 1. The van der Waals surface area contributed by atoms with Gasteiger partial charge in [0.15, 0.2) is 5.96 Å². The van der Waals surface area contributed by atoms with Gasteiger partial charge in [0.1, 0.15) is 0 Å². The fraction of sp³-hybridized carbons (Fsp3) is 0.889. The van der Waals surface area contributed by atoms with E-state index in [-0.39, 0.29) is 10.7 Å². The normalized spacial score (nSPS) is 22.9. The van der Waals surface area contributed by atoms with Crippen LogP contribution >= 0.6 is 11.8 Å². The summed E-state index contributed by atoms with van der Waals surface area (Å²) in [4.78, 5) is 19.3. The van der Waals surface area contributed by atoms with Gasteiger partial charge in [0, 0.05) is 36.3 Å². The van der Waals surface area contributed by atoms with Crippen LogP contribution in [0.15, 0.2) is 4.99 Å². The maximum Gasteiger partial charge on any atom is 0.225 e. The third kappa shape index (κ3) is 5.57. The number of hydrogen-bond acceptors (Lipinski definition) is 3. The van der Waals surface area contributed by atoms with E-state index in [4.69, 9.17) is 4.99 Å². The first kappa shape index (κ1) is 19.4. The van der Waals surface area contributed by atoms with Crippen LogP contribution in [0.25, 0.3) is 0 Å². The summed E-state index contributed by atoms with van der Waals surface area (Å²) in [6, 6.07) is 0.311. The predicted molar refractivity (Wildman–Crippen MR) is 104 cm³/mol. The van der Waals surface area contributed by atoms with E-state index in [1.54, 1.807) is 0 Å². The predicted octanol–water partition coefficient (Wildman–Crippen LogP) is 2.47. The molecule has 0 spiro atoms. The Labute approximate surface area is 151 Å². The van der Waals surface area contributed by atoms with Crippen molar-refractivity contribution in [1.29, 1.82) is 0 Å². The van der Waals surface area contributed by atoms with Crippen LogP contribution in [0.2, 0.25) is 0 Å². The highest BCUT2D eigenvalue weighted by Crippen LogP contribution is 2.27. The van der Waals surface area contributed by atoms with Gasteiger partial charge in [0.25, 0.3) is 0 Å². The fourth-order valence-electron chi connectivity index (χ4n) is 3.36. The molecule has 6 heteroatoms. The van der Waals surface area contributed by atoms with E-state index in [0.717, 1.165) is 51.4 Å². The lowest BCUT2D eigenvalue weighted by Crippen LogP contribution is -2.46. The number of aliphatic imine (C=N–C) groups is 1. The van der Waals surface area contributed by atoms with Crippen molar-refractivity contribution in [2.24, 2.45) is 10.9 Å². The van der Waals surface area contributed by atoms with Gasteiger partial charge in [0.2, 0.25) is 5.91 Å². The van der Waals surface area contributed by atoms with Crippen molar-refractivity contribution in [2.75, 3.05) is 32.4 Å². The van der Waals surface area contributed by atoms with Gasteiger partial charge >= 0.3 is 0 Å². The van der Waals surface area contributed by atoms with Crippen molar-refractivity contribution < 1.29 is 4.79 Å². The molecule has 1 amide bonds. The summed E-state index contributed by atoms with van der Waals surface area (Å²) in [5, 5.41) is 6.86. The van der Waals surface area contributed by atoms with Crippen molar-refractivity contribution in [3.05, 3.63) is 0 Å². The molecule has 2 fully saturated rings. The molecule has 138 valence electrons. The molecular weight excluding hydrogens is 320 g/mol. The van der Waals surface area contributed by atoms with Gasteiger partial charge in [-0.05, 0) is 46.3 Å². The van der Waals surface area contributed by atoms with Gasteiger partial charge in [0.05, 0.1) is 6.54 Å². The van der Waals surface area contributed by atoms with Gasteiger partial charge in [-0.25, -0.2) is 0 Å². The summed E-state index contributed by atoms with van der Waals surface area (Å²) < 4.78 is 0.141. The molecular formula is C18H34N4OS. The molecule has 1 unspecified atom stereocenters. The molecule has 1 aliphatic heterocycles. The van der Waals surface area contributed by atoms with E-state index in [9.17, 15) is 4.79 Å². The number of nitrogens with one attached hydrogen (secondary N) is 2. The van der Waals surface area contributed by atoms with Gasteiger partial charge < -0.3 is 15.5 Å². The van der Waals surface area contributed by atoms with Crippen LogP contribution in [0, 0.1) is 5.92 Å². The first-order valence-corrected chi connectivity index (χ1v) is 10.6. The standard InChI is InChI=1S/C18H34N4OS/c1-5-19-17(20-13-18(2,3)24-4)21-15-10-11-22(12-15)16(23)14-8-6-7-9-14/h14-15H,5-13H2,1-4H3,(H2,19,20,21). The van der Waals surface area contributed by atoms with Crippen LogP contribution < -0.4 is 10.6 Å². The lowest BCUT2D eigenvalue weighted by molar-refractivity contribution is -0.134. The summed E-state index contributed by atoms with van der Waals surface area (Å²) in [7, 11) is 0. The molecule has 0 aromatic heterocycles. The monoisotopic (exact) mass is 354 g/mol. The fourth-order valence-corrected chi connectivity index (χ4v) is 3.55. The van der Waals surface area contributed by atoms with Crippen LogP contribution in [0.1, 0.15) is 52.9 Å². The Hall–Kier alpha value is -0.910. The Balaban J connectivity index is 1.86. The van der Waals surface area contributed by atoms with Crippen LogP contribution in [-0.2, 0) is 4.79 Å². The molecule has 1 aliphatic carbocycles. The Bertz CT molecular complexity index is 446. The van der Waals surface area contributed by atoms with Crippen LogP contribution in [0.3, 0.4) is 0 Å². The van der Waals surface area contributed by atoms with E-state index in [1.807, 2.05) is 11.8 Å². The first-order chi connectivity index (χ1) is 11.4. The number of guanidine groups is 1. The zero-order valence-corrected chi connectivity index (χ0v) is 16.5. The van der Waals surface area contributed by atoms with Crippen LogP contribution in [0.5, 0.6) is 0 Å². The SMILES string of the molecule is CCNC(=NCC(C)(C)SC)NC1CCN(C(=O)C2CCCC2)C1. The number of carbonyl (C=O) groups is 1. The maximum atomic E-state index is 12.6. The Morgan fingerprint density at radius 1 is 1.29 bits per heavy atom. The third-order valence-electron chi connectivity index (χ3n) is 5.06. The average Bonchev–Trinajstić information content (AvgIpc) is 3.24. The van der Waals surface area contributed by atoms with Crippen LogP contribution in [0.4, 0.5) is 0 Å². The lowest BCUT2D eigenvalue weighted by atomic mass is 10.1. The molecule has 0 aromatic carbocycles. The number of hydrogen-bond donors (Lipinski definition) is 2. The molecule has 1 atom stereocenters. The van der Waals surface area contributed by atoms with Gasteiger partial charge in [-0.2, -0.15) is 11.8 Å². The highest BCUT2D eigenvalue weighted by atomic mass is 32.2. The van der Waals surface area contributed by atoms with Crippen molar-refractivity contribution in [3.63, 3.8) is 0 Å². The molecule has 1 heterocycles. The number of carbonyl (C=O) groups excluding carboxylic acids is 1. The van der Waals surface area contributed by atoms with Gasteiger partial charge in [-0.1, -0.05) is 12.8 Å². The summed E-state index contributed by atoms with van der Waals surface area (Å²) in [6.07, 6.45) is 7.74. The Morgan fingerprint density at radius 3 is 2.62 bits per heavy atom. The molecule has 2 rings (SSSR count). The summed E-state index contributed by atoms with van der Waals surface area (Å²) in [5.41, 5.74) is 0. The third-order valence-corrected chi connectivity index (χ3v) is 6.29. The summed E-state index contributed by atoms with van der Waals surface area (Å²) >= 11 is 1.83. The van der Waals surface area contributed by atoms with E-state index < -0.39 is 0 Å². The summed E-state index contributed by atoms with van der Waals surface area (Å²) in [6.45, 7) is 9.82. The molecule has 5 nitrogen and oxygen atoms in total. The van der Waals surface area contributed by atoms with Crippen molar-refractivity contribution in [3.8, 4) is 0 Å². The Kier molecular flexibility index (Phi) is 7.26. The molecule has 2 aliphatic rings. The van der Waals surface area contributed by atoms with E-state index >= 15 is 0 Å². The minimum Gasteiger partial charge on any atom is -0.357 e. The van der Waals surface area contributed by atoms with E-state index in [0.29, 0.717) is 11.9 Å². The van der Waals surface area contributed by atoms with Gasteiger partial charge in [-0.15, -0.1) is 0 Å². The molecule has 0 radical (unpaired) electrons. The molecule has 2 N–H and O–H groups in total. The molecule has 0 aromatic rings. The number of rotatable bonds is 6. The quantitative estimate of drug-likeness (QED) is 0.568. The van der Waals surface area contributed by atoms with E-state index in [2.05, 4.69) is 42.6 Å². The molecule has 24 heavy (non-hydrogen) atoms. The van der Waals surface area contributed by atoms with Crippen molar-refractivity contribution >= 4 is 23.6 Å². The first-order valence-electron chi connectivity index (χ1n) is 9.34. The number of nitrogens with zero attached hydrogens (tertiary/aromatic N) is 2. The van der Waals surface area contributed by atoms with Crippen molar-refractivity contribution in [2.45, 2.75) is 63.7 Å². The van der Waals surface area contributed by atoms with Gasteiger partial charge in [-0.3, -0.25) is 9.79 Å². The second-order valence-corrected chi connectivity index (χ2v) is 9.07. The number of amides is 1. The maximum absolute atomic E-state index is 12.6. The topological polar surface area (TPSA) is 56.7 Å².